The Hall–Kier alpha value is -1.56. The summed E-state index contributed by atoms with van der Waals surface area (Å²) < 4.78 is 4.90. The summed E-state index contributed by atoms with van der Waals surface area (Å²) >= 11 is 0. The monoisotopic (exact) mass is 242 g/mol. The zero-order valence-corrected chi connectivity index (χ0v) is 9.59. The number of alkyl carbamates (subject to hydrolysis) is 1. The zero-order chi connectivity index (χ0) is 12.7. The van der Waals surface area contributed by atoms with E-state index in [2.05, 4.69) is 5.32 Å². The van der Waals surface area contributed by atoms with Gasteiger partial charge in [-0.3, -0.25) is 4.79 Å². The normalized spacial score (nSPS) is 15.4. The molecule has 96 valence electrons. The Morgan fingerprint density at radius 3 is 2.71 bits per heavy atom. The van der Waals surface area contributed by atoms with Gasteiger partial charge in [0.2, 0.25) is 0 Å². The van der Waals surface area contributed by atoms with Gasteiger partial charge in [0, 0.05) is 12.5 Å². The lowest BCUT2D eigenvalue weighted by Gasteiger charge is -2.07. The van der Waals surface area contributed by atoms with Crippen molar-refractivity contribution in [2.45, 2.75) is 25.3 Å². The molecular weight excluding hydrogens is 224 g/mol. The predicted octanol–water partition coefficient (Wildman–Crippen LogP) is 0.481. The summed E-state index contributed by atoms with van der Waals surface area (Å²) in [5.41, 5.74) is 5.33. The smallest absolute Gasteiger partial charge is 0.407 e. The summed E-state index contributed by atoms with van der Waals surface area (Å²) in [7, 11) is 0. The van der Waals surface area contributed by atoms with E-state index in [1.807, 2.05) is 12.2 Å². The number of unbranched alkanes of at least 4 members (excludes halogenated alkanes) is 1. The summed E-state index contributed by atoms with van der Waals surface area (Å²) in [6, 6.07) is -0.817. The van der Waals surface area contributed by atoms with Gasteiger partial charge < -0.3 is 20.9 Å². The Labute approximate surface area is 99.8 Å². The Morgan fingerprint density at radius 2 is 2.12 bits per heavy atom. The molecule has 0 aliphatic heterocycles. The minimum absolute atomic E-state index is 0.314. The van der Waals surface area contributed by atoms with Crippen LogP contribution in [0.1, 0.15) is 19.3 Å². The molecule has 17 heavy (non-hydrogen) atoms. The van der Waals surface area contributed by atoms with Crippen molar-refractivity contribution in [1.82, 2.24) is 5.32 Å². The molecule has 0 spiro atoms. The van der Waals surface area contributed by atoms with Crippen LogP contribution in [0.3, 0.4) is 0 Å². The lowest BCUT2D eigenvalue weighted by Crippen LogP contribution is -2.30. The summed E-state index contributed by atoms with van der Waals surface area (Å²) in [6.07, 6.45) is 5.26. The molecule has 0 aromatic heterocycles. The Kier molecular flexibility index (Phi) is 5.48. The highest BCUT2D eigenvalue weighted by Gasteiger charge is 2.13. The van der Waals surface area contributed by atoms with Crippen LogP contribution in [0.25, 0.3) is 0 Å². The van der Waals surface area contributed by atoms with Crippen molar-refractivity contribution >= 4 is 12.1 Å². The fourth-order valence-corrected chi connectivity index (χ4v) is 1.22. The fraction of sp³-hybridized carbons (Fsp3) is 0.636. The van der Waals surface area contributed by atoms with Gasteiger partial charge in [0.05, 0.1) is 0 Å². The highest BCUT2D eigenvalue weighted by molar-refractivity contribution is 5.72. The molecule has 0 unspecified atom stereocenters. The number of hydrogen-bond acceptors (Lipinski definition) is 4. The van der Waals surface area contributed by atoms with E-state index in [-0.39, 0.29) is 0 Å². The number of amides is 1. The van der Waals surface area contributed by atoms with E-state index in [4.69, 9.17) is 15.6 Å². The molecule has 6 heteroatoms. The number of carboxylic acid groups (broad SMARTS) is 1. The molecule has 0 radical (unpaired) electrons. The third-order valence-electron chi connectivity index (χ3n) is 2.40. The van der Waals surface area contributed by atoms with E-state index in [1.165, 1.54) is 0 Å². The number of nitrogens with two attached hydrogens (primary N) is 1. The second-order valence-electron chi connectivity index (χ2n) is 4.01. The molecule has 0 fully saturated rings. The number of hydrogen-bond donors (Lipinski definition) is 3. The van der Waals surface area contributed by atoms with Crippen molar-refractivity contribution < 1.29 is 19.4 Å². The third-order valence-corrected chi connectivity index (χ3v) is 2.40. The molecule has 0 heterocycles. The first-order valence-electron chi connectivity index (χ1n) is 5.67. The van der Waals surface area contributed by atoms with Crippen LogP contribution in [0.15, 0.2) is 12.2 Å². The summed E-state index contributed by atoms with van der Waals surface area (Å²) in [5, 5.41) is 11.1. The standard InChI is InChI=1S/C11H18N2O4/c12-9(10(14)15)3-1-2-6-13-11(16)17-7-8-4-5-8/h4-5,8-9H,1-3,6-7,12H2,(H,13,16)(H,14,15)/t9-/m0/s1. The Morgan fingerprint density at radius 1 is 1.41 bits per heavy atom. The number of carboxylic acids is 1. The largest absolute Gasteiger partial charge is 0.480 e. The van der Waals surface area contributed by atoms with Gasteiger partial charge >= 0.3 is 12.1 Å². The maximum atomic E-state index is 11.1. The molecule has 1 aliphatic carbocycles. The molecule has 4 N–H and O–H groups in total. The maximum Gasteiger partial charge on any atom is 0.407 e. The zero-order valence-electron chi connectivity index (χ0n) is 9.59. The highest BCUT2D eigenvalue weighted by atomic mass is 16.5. The Bertz CT molecular complexity index is 298. The molecular formula is C11H18N2O4. The van der Waals surface area contributed by atoms with Crippen LogP contribution in [0.5, 0.6) is 0 Å². The van der Waals surface area contributed by atoms with Crippen LogP contribution >= 0.6 is 0 Å². The van der Waals surface area contributed by atoms with Crippen molar-refractivity contribution in [3.8, 4) is 0 Å². The van der Waals surface area contributed by atoms with Crippen LogP contribution in [-0.4, -0.2) is 36.4 Å². The molecule has 0 bridgehead atoms. The average molecular weight is 242 g/mol. The van der Waals surface area contributed by atoms with Crippen LogP contribution in [-0.2, 0) is 9.53 Å². The number of nitrogens with one attached hydrogen (secondary N) is 1. The van der Waals surface area contributed by atoms with E-state index >= 15 is 0 Å². The van der Waals surface area contributed by atoms with Crippen LogP contribution in [0, 0.1) is 5.92 Å². The van der Waals surface area contributed by atoms with E-state index < -0.39 is 18.1 Å². The Balaban J connectivity index is 1.88. The van der Waals surface area contributed by atoms with E-state index in [9.17, 15) is 9.59 Å². The van der Waals surface area contributed by atoms with Crippen molar-refractivity contribution in [1.29, 1.82) is 0 Å². The van der Waals surface area contributed by atoms with Crippen LogP contribution in [0.2, 0.25) is 0 Å². The van der Waals surface area contributed by atoms with E-state index in [1.54, 1.807) is 0 Å². The molecule has 0 aromatic carbocycles. The highest BCUT2D eigenvalue weighted by Crippen LogP contribution is 2.15. The SMILES string of the molecule is N[C@@H](CCCCNC(=O)OCC1C=C1)C(=O)O. The van der Waals surface area contributed by atoms with Gasteiger partial charge in [-0.1, -0.05) is 12.2 Å². The molecule has 6 nitrogen and oxygen atoms in total. The predicted molar refractivity (Wildman–Crippen MR) is 61.4 cm³/mol. The maximum absolute atomic E-state index is 11.1. The molecule has 1 atom stereocenters. The minimum Gasteiger partial charge on any atom is -0.480 e. The molecule has 1 aliphatic rings. The van der Waals surface area contributed by atoms with Crippen molar-refractivity contribution in [2.75, 3.05) is 13.2 Å². The lowest BCUT2D eigenvalue weighted by atomic mass is 10.1. The third kappa shape index (κ3) is 6.57. The molecule has 1 amide bonds. The lowest BCUT2D eigenvalue weighted by molar-refractivity contribution is -0.138. The summed E-state index contributed by atoms with van der Waals surface area (Å²) in [6.45, 7) is 0.874. The second kappa shape index (κ2) is 6.90. The minimum atomic E-state index is -0.991. The fourth-order valence-electron chi connectivity index (χ4n) is 1.22. The molecule has 0 saturated heterocycles. The first-order valence-corrected chi connectivity index (χ1v) is 5.67. The van der Waals surface area contributed by atoms with Gasteiger partial charge in [0.1, 0.15) is 12.6 Å². The van der Waals surface area contributed by atoms with E-state index in [0.29, 0.717) is 38.3 Å². The van der Waals surface area contributed by atoms with Gasteiger partial charge in [-0.15, -0.1) is 0 Å². The summed E-state index contributed by atoms with van der Waals surface area (Å²) in [5.74, 6) is -0.677. The van der Waals surface area contributed by atoms with Gasteiger partial charge in [-0.25, -0.2) is 4.79 Å². The first-order chi connectivity index (χ1) is 8.09. The number of carbonyl (C=O) groups excluding carboxylic acids is 1. The first kappa shape index (κ1) is 13.5. The number of aliphatic carboxylic acids is 1. The van der Waals surface area contributed by atoms with Gasteiger partial charge in [0.15, 0.2) is 0 Å². The van der Waals surface area contributed by atoms with Gasteiger partial charge in [0.25, 0.3) is 0 Å². The van der Waals surface area contributed by atoms with Crippen molar-refractivity contribution in [3.63, 3.8) is 0 Å². The molecule has 1 rings (SSSR count). The van der Waals surface area contributed by atoms with Crippen LogP contribution < -0.4 is 11.1 Å². The number of carbonyl (C=O) groups is 2. The van der Waals surface area contributed by atoms with Gasteiger partial charge in [-0.05, 0) is 19.3 Å². The average Bonchev–Trinajstić information content (AvgIpc) is 3.09. The quantitative estimate of drug-likeness (QED) is 0.424. The summed E-state index contributed by atoms with van der Waals surface area (Å²) in [4.78, 5) is 21.5. The van der Waals surface area contributed by atoms with Crippen molar-refractivity contribution in [2.24, 2.45) is 11.7 Å². The van der Waals surface area contributed by atoms with Crippen LogP contribution in [0.4, 0.5) is 4.79 Å². The molecule has 0 aromatic rings. The second-order valence-corrected chi connectivity index (χ2v) is 4.01. The molecule has 0 saturated carbocycles. The topological polar surface area (TPSA) is 102 Å². The number of ether oxygens (including phenoxy) is 1. The van der Waals surface area contributed by atoms with E-state index in [0.717, 1.165) is 0 Å². The van der Waals surface area contributed by atoms with Gasteiger partial charge in [-0.2, -0.15) is 0 Å². The number of rotatable bonds is 8. The van der Waals surface area contributed by atoms with Crippen molar-refractivity contribution in [3.05, 3.63) is 12.2 Å².